The van der Waals surface area contributed by atoms with Crippen LogP contribution in [-0.2, 0) is 25.6 Å². The number of benzene rings is 1. The van der Waals surface area contributed by atoms with E-state index in [1.165, 1.54) is 22.9 Å². The summed E-state index contributed by atoms with van der Waals surface area (Å²) in [5.74, 6) is 9.11. The molecule has 10 heteroatoms. The lowest BCUT2D eigenvalue weighted by molar-refractivity contribution is -0.182. The molecule has 0 bridgehead atoms. The molecule has 0 aliphatic heterocycles. The van der Waals surface area contributed by atoms with Gasteiger partial charge in [-0.25, -0.2) is 9.36 Å². The number of nitrogens with zero attached hydrogens (tertiary/aromatic N) is 3. The van der Waals surface area contributed by atoms with Crippen molar-refractivity contribution in [3.05, 3.63) is 34.6 Å². The molecule has 3 N–H and O–H groups in total. The van der Waals surface area contributed by atoms with Crippen LogP contribution in [0.1, 0.15) is 90.5 Å². The van der Waals surface area contributed by atoms with Gasteiger partial charge in [0.25, 0.3) is 0 Å². The summed E-state index contributed by atoms with van der Waals surface area (Å²) in [4.78, 5) is 25.0. The number of hydrogen-bond acceptors (Lipinski definition) is 8. The standard InChI is InChI=1S/C36H52N4O5S/c1-21-6-9-23(10-7-21)33-38-39(34(46)40(33)37)20-32(43)45-25-16-17-35(3)24(18-25)11-12-26-28-14-13-27(22(2)8-15-31(42)44-5)36(28,4)30(41)19-29(26)35/h6-7,9-10,22,24-30,41H,8,11-20,37H2,1-5H3/t22-,24-,25-,26+,27-,28+,29+,30+,35+,36-/m1/s1. The van der Waals surface area contributed by atoms with Crippen molar-refractivity contribution in [2.24, 2.45) is 46.3 Å². The van der Waals surface area contributed by atoms with E-state index >= 15 is 0 Å². The number of hydrogen-bond donors (Lipinski definition) is 2. The first-order valence-corrected chi connectivity index (χ1v) is 17.7. The van der Waals surface area contributed by atoms with Gasteiger partial charge >= 0.3 is 11.9 Å². The van der Waals surface area contributed by atoms with Crippen molar-refractivity contribution >= 4 is 24.2 Å². The number of nitrogens with two attached hydrogens (primary N) is 1. The fourth-order valence-corrected chi connectivity index (χ4v) is 10.9. The van der Waals surface area contributed by atoms with E-state index in [0.29, 0.717) is 47.8 Å². The lowest BCUT2D eigenvalue weighted by Crippen LogP contribution is -2.59. The molecule has 4 aliphatic carbocycles. The van der Waals surface area contributed by atoms with Crippen LogP contribution in [0.25, 0.3) is 11.4 Å². The van der Waals surface area contributed by atoms with E-state index in [0.717, 1.165) is 62.5 Å². The maximum atomic E-state index is 13.2. The summed E-state index contributed by atoms with van der Waals surface area (Å²) in [5, 5.41) is 16.4. The van der Waals surface area contributed by atoms with Crippen molar-refractivity contribution in [2.75, 3.05) is 13.0 Å². The quantitative estimate of drug-likeness (QED) is 0.196. The molecule has 4 saturated carbocycles. The molecule has 1 aromatic heterocycles. The molecule has 4 aliphatic rings. The molecule has 0 saturated heterocycles. The number of fused-ring (bicyclic) bond motifs is 5. The lowest BCUT2D eigenvalue weighted by Gasteiger charge is -2.62. The number of carbonyl (C=O) groups is 2. The number of aromatic nitrogens is 3. The van der Waals surface area contributed by atoms with Gasteiger partial charge in [-0.15, -0.1) is 5.10 Å². The van der Waals surface area contributed by atoms with Gasteiger partial charge in [0.1, 0.15) is 12.6 Å². The van der Waals surface area contributed by atoms with Gasteiger partial charge in [-0.2, -0.15) is 0 Å². The average Bonchev–Trinajstić information content (AvgIpc) is 3.53. The fraction of sp³-hybridized carbons (Fsp3) is 0.722. The van der Waals surface area contributed by atoms with Crippen LogP contribution >= 0.6 is 12.2 Å². The Morgan fingerprint density at radius 2 is 1.83 bits per heavy atom. The first kappa shape index (κ1) is 33.2. The van der Waals surface area contributed by atoms with Gasteiger partial charge in [-0.1, -0.05) is 50.6 Å². The molecule has 10 atom stereocenters. The predicted molar refractivity (Wildman–Crippen MR) is 178 cm³/mol. The highest BCUT2D eigenvalue weighted by molar-refractivity contribution is 7.71. The van der Waals surface area contributed by atoms with Crippen LogP contribution < -0.4 is 5.84 Å². The Bertz CT molecular complexity index is 1500. The Hall–Kier alpha value is -2.72. The molecule has 46 heavy (non-hydrogen) atoms. The molecule has 9 nitrogen and oxygen atoms in total. The van der Waals surface area contributed by atoms with Crippen molar-refractivity contribution in [3.63, 3.8) is 0 Å². The van der Waals surface area contributed by atoms with Crippen molar-refractivity contribution in [1.29, 1.82) is 0 Å². The summed E-state index contributed by atoms with van der Waals surface area (Å²) >= 11 is 5.50. The Morgan fingerprint density at radius 3 is 2.54 bits per heavy atom. The van der Waals surface area contributed by atoms with Gasteiger partial charge in [-0.3, -0.25) is 9.59 Å². The Morgan fingerprint density at radius 1 is 1.09 bits per heavy atom. The highest BCUT2D eigenvalue weighted by Crippen LogP contribution is 2.68. The lowest BCUT2D eigenvalue weighted by atomic mass is 9.43. The van der Waals surface area contributed by atoms with E-state index in [-0.39, 0.29) is 46.3 Å². The molecular formula is C36H52N4O5S. The van der Waals surface area contributed by atoms with E-state index in [2.05, 4.69) is 25.9 Å². The van der Waals surface area contributed by atoms with E-state index in [1.54, 1.807) is 0 Å². The van der Waals surface area contributed by atoms with E-state index in [4.69, 9.17) is 27.5 Å². The van der Waals surface area contributed by atoms with E-state index < -0.39 is 0 Å². The van der Waals surface area contributed by atoms with Gasteiger partial charge in [0, 0.05) is 12.0 Å². The van der Waals surface area contributed by atoms with Crippen LogP contribution in [0.2, 0.25) is 0 Å². The minimum Gasteiger partial charge on any atom is -0.469 e. The van der Waals surface area contributed by atoms with Crippen LogP contribution in [-0.4, -0.2) is 50.8 Å². The normalized spacial score (nSPS) is 35.8. The van der Waals surface area contributed by atoms with Gasteiger partial charge in [0.05, 0.1) is 13.2 Å². The summed E-state index contributed by atoms with van der Waals surface area (Å²) in [6, 6.07) is 7.86. The Labute approximate surface area is 278 Å². The number of ether oxygens (including phenoxy) is 2. The summed E-state index contributed by atoms with van der Waals surface area (Å²) in [6.45, 7) is 9.01. The summed E-state index contributed by atoms with van der Waals surface area (Å²) in [6.07, 6.45) is 8.94. The number of rotatable bonds is 8. The molecule has 0 radical (unpaired) electrons. The molecule has 0 unspecified atom stereocenters. The van der Waals surface area contributed by atoms with Gasteiger partial charge in [-0.05, 0) is 123 Å². The van der Waals surface area contributed by atoms with E-state index in [9.17, 15) is 14.7 Å². The molecule has 2 aromatic rings. The molecule has 4 fully saturated rings. The number of nitrogen functional groups attached to an aromatic ring is 1. The number of aryl methyl sites for hydroxylation is 1. The van der Waals surface area contributed by atoms with Gasteiger partial charge in [0.15, 0.2) is 5.82 Å². The highest BCUT2D eigenvalue weighted by Gasteiger charge is 2.63. The Kier molecular flexibility index (Phi) is 9.17. The molecular weight excluding hydrogens is 600 g/mol. The van der Waals surface area contributed by atoms with Crippen molar-refractivity contribution in [1.82, 2.24) is 14.5 Å². The molecule has 0 amide bonds. The third kappa shape index (κ3) is 5.71. The minimum atomic E-state index is -0.339. The van der Waals surface area contributed by atoms with Crippen molar-refractivity contribution in [3.8, 4) is 11.4 Å². The third-order valence-electron chi connectivity index (χ3n) is 13.3. The van der Waals surface area contributed by atoms with E-state index in [1.807, 2.05) is 31.2 Å². The van der Waals surface area contributed by atoms with Crippen LogP contribution in [0.4, 0.5) is 0 Å². The SMILES string of the molecule is COC(=O)CC[C@@H](C)[C@H]1CC[C@H]2[C@@H]3CC[C@@H]4C[C@H](OC(=O)Cn5nc(-c6ccc(C)cc6)n(N)c5=S)CC[C@]4(C)[C@H]3C[C@H](O)[C@]12C. The summed E-state index contributed by atoms with van der Waals surface area (Å²) < 4.78 is 14.0. The summed E-state index contributed by atoms with van der Waals surface area (Å²) in [7, 11) is 1.45. The number of methoxy groups -OCH3 is 1. The van der Waals surface area contributed by atoms with Crippen LogP contribution in [0.5, 0.6) is 0 Å². The first-order valence-electron chi connectivity index (χ1n) is 17.3. The average molecular weight is 653 g/mol. The zero-order valence-corrected chi connectivity index (χ0v) is 28.9. The van der Waals surface area contributed by atoms with Crippen LogP contribution in [0, 0.1) is 58.0 Å². The molecule has 1 aromatic carbocycles. The predicted octanol–water partition coefficient (Wildman–Crippen LogP) is 6.23. The summed E-state index contributed by atoms with van der Waals surface area (Å²) in [5.41, 5.74) is 1.99. The minimum absolute atomic E-state index is 0.0727. The third-order valence-corrected chi connectivity index (χ3v) is 13.7. The molecule has 0 spiro atoms. The zero-order chi connectivity index (χ0) is 33.0. The molecule has 6 rings (SSSR count). The second-order valence-corrected chi connectivity index (χ2v) is 15.8. The second-order valence-electron chi connectivity index (χ2n) is 15.4. The highest BCUT2D eigenvalue weighted by atomic mass is 32.1. The van der Waals surface area contributed by atoms with Crippen LogP contribution in [0.3, 0.4) is 0 Å². The largest absolute Gasteiger partial charge is 0.469 e. The number of esters is 2. The smallest absolute Gasteiger partial charge is 0.328 e. The number of aliphatic hydroxyl groups excluding tert-OH is 1. The number of aliphatic hydroxyl groups is 1. The van der Waals surface area contributed by atoms with Gasteiger partial charge in [0.2, 0.25) is 4.77 Å². The van der Waals surface area contributed by atoms with Gasteiger partial charge < -0.3 is 20.4 Å². The fourth-order valence-electron chi connectivity index (χ4n) is 10.7. The zero-order valence-electron chi connectivity index (χ0n) is 28.1. The topological polar surface area (TPSA) is 122 Å². The Balaban J connectivity index is 1.09. The molecule has 1 heterocycles. The maximum Gasteiger partial charge on any atom is 0.328 e. The molecule has 252 valence electrons. The monoisotopic (exact) mass is 652 g/mol. The van der Waals surface area contributed by atoms with Crippen LogP contribution in [0.15, 0.2) is 24.3 Å². The number of carbonyl (C=O) groups excluding carboxylic acids is 2. The second kappa shape index (κ2) is 12.7. The maximum absolute atomic E-state index is 13.2. The van der Waals surface area contributed by atoms with Crippen molar-refractivity contribution in [2.45, 2.75) is 111 Å². The first-order chi connectivity index (χ1) is 21.9. The van der Waals surface area contributed by atoms with Crippen molar-refractivity contribution < 1.29 is 24.2 Å².